The number of piperidine rings is 1. The molecule has 0 saturated carbocycles. The first-order chi connectivity index (χ1) is 11.7. The molecule has 24 heavy (non-hydrogen) atoms. The highest BCUT2D eigenvalue weighted by atomic mass is 32.1. The van der Waals surface area contributed by atoms with Gasteiger partial charge < -0.3 is 9.80 Å². The van der Waals surface area contributed by atoms with Crippen molar-refractivity contribution in [3.05, 3.63) is 52.5 Å². The highest BCUT2D eigenvalue weighted by Gasteiger charge is 2.39. The lowest BCUT2D eigenvalue weighted by Gasteiger charge is -2.35. The van der Waals surface area contributed by atoms with Gasteiger partial charge in [-0.3, -0.25) is 14.6 Å². The van der Waals surface area contributed by atoms with Crippen LogP contribution in [0.5, 0.6) is 0 Å². The van der Waals surface area contributed by atoms with Crippen LogP contribution in [0.2, 0.25) is 0 Å². The first-order valence-corrected chi connectivity index (χ1v) is 9.20. The summed E-state index contributed by atoms with van der Waals surface area (Å²) in [6.45, 7) is 2.05. The Hall–Kier alpha value is -2.21. The number of aromatic nitrogens is 1. The molecule has 0 spiro atoms. The van der Waals surface area contributed by atoms with Crippen molar-refractivity contribution in [1.82, 2.24) is 14.8 Å². The fourth-order valence-electron chi connectivity index (χ4n) is 3.70. The van der Waals surface area contributed by atoms with Gasteiger partial charge in [-0.2, -0.15) is 11.3 Å². The molecule has 3 aliphatic rings. The summed E-state index contributed by atoms with van der Waals surface area (Å²) in [5.74, 6) is 0.411. The molecule has 2 atom stereocenters. The SMILES string of the molecule is O=C(c1ccccn1)N1C[C@H]2CC[C@@H](C1)N(C(=O)c1ccsc1)C2. The second-order valence-corrected chi connectivity index (χ2v) is 7.27. The van der Waals surface area contributed by atoms with Crippen molar-refractivity contribution in [3.8, 4) is 0 Å². The topological polar surface area (TPSA) is 53.5 Å². The molecule has 6 heteroatoms. The molecule has 5 nitrogen and oxygen atoms in total. The largest absolute Gasteiger partial charge is 0.335 e. The van der Waals surface area contributed by atoms with Gasteiger partial charge in [0.2, 0.25) is 0 Å². The van der Waals surface area contributed by atoms with E-state index in [9.17, 15) is 9.59 Å². The molecule has 2 amide bonds. The molecule has 0 aliphatic carbocycles. The van der Waals surface area contributed by atoms with E-state index in [1.165, 1.54) is 11.3 Å². The monoisotopic (exact) mass is 341 g/mol. The van der Waals surface area contributed by atoms with Crippen LogP contribution in [0.3, 0.4) is 0 Å². The van der Waals surface area contributed by atoms with Crippen molar-refractivity contribution in [3.63, 3.8) is 0 Å². The standard InChI is InChI=1S/C18H19N3O2S/c22-17(14-6-8-24-12-14)21-10-13-4-5-15(21)11-20(9-13)18(23)16-3-1-2-7-19-16/h1-3,6-8,12-13,15H,4-5,9-11H2/t13-,15+/m1/s1. The molecule has 3 aliphatic heterocycles. The van der Waals surface area contributed by atoms with Crippen LogP contribution in [0.25, 0.3) is 0 Å². The van der Waals surface area contributed by atoms with E-state index in [4.69, 9.17) is 0 Å². The van der Waals surface area contributed by atoms with Gasteiger partial charge in [0.25, 0.3) is 11.8 Å². The predicted octanol–water partition coefficient (Wildman–Crippen LogP) is 2.52. The molecule has 0 radical (unpaired) electrons. The molecule has 3 saturated heterocycles. The summed E-state index contributed by atoms with van der Waals surface area (Å²) in [5, 5.41) is 3.83. The van der Waals surface area contributed by atoms with Crippen molar-refractivity contribution in [2.24, 2.45) is 5.92 Å². The molecule has 124 valence electrons. The van der Waals surface area contributed by atoms with Crippen molar-refractivity contribution >= 4 is 23.2 Å². The fraction of sp³-hybridized carbons (Fsp3) is 0.389. The maximum absolute atomic E-state index is 12.8. The van der Waals surface area contributed by atoms with Gasteiger partial charge in [-0.1, -0.05) is 6.07 Å². The van der Waals surface area contributed by atoms with Gasteiger partial charge in [-0.05, 0) is 42.3 Å². The third-order valence-electron chi connectivity index (χ3n) is 4.91. The van der Waals surface area contributed by atoms with Crippen molar-refractivity contribution in [2.45, 2.75) is 18.9 Å². The Balaban J connectivity index is 1.55. The smallest absolute Gasteiger partial charge is 0.272 e. The number of carbonyl (C=O) groups excluding carboxylic acids is 2. The third-order valence-corrected chi connectivity index (χ3v) is 5.60. The van der Waals surface area contributed by atoms with Gasteiger partial charge in [-0.15, -0.1) is 0 Å². The first kappa shape index (κ1) is 15.3. The minimum absolute atomic E-state index is 0.0302. The second kappa shape index (κ2) is 6.36. The van der Waals surface area contributed by atoms with Crippen LogP contribution in [0, 0.1) is 5.92 Å². The molecule has 2 aromatic rings. The molecule has 5 heterocycles. The average Bonchev–Trinajstić information content (AvgIpc) is 3.01. The molecular formula is C18H19N3O2S. The fourth-order valence-corrected chi connectivity index (χ4v) is 4.33. The van der Waals surface area contributed by atoms with E-state index >= 15 is 0 Å². The van der Waals surface area contributed by atoms with Gasteiger partial charge in [0.15, 0.2) is 0 Å². The number of rotatable bonds is 2. The van der Waals surface area contributed by atoms with E-state index in [1.807, 2.05) is 38.8 Å². The summed E-state index contributed by atoms with van der Waals surface area (Å²) < 4.78 is 0. The van der Waals surface area contributed by atoms with Crippen LogP contribution in [0.1, 0.15) is 33.7 Å². The Morgan fingerprint density at radius 1 is 1.08 bits per heavy atom. The average molecular weight is 341 g/mol. The zero-order valence-electron chi connectivity index (χ0n) is 13.3. The number of fused-ring (bicyclic) bond motifs is 4. The number of pyridine rings is 1. The van der Waals surface area contributed by atoms with Crippen LogP contribution in [0.4, 0.5) is 0 Å². The van der Waals surface area contributed by atoms with Gasteiger partial charge >= 0.3 is 0 Å². The zero-order chi connectivity index (χ0) is 16.5. The van der Waals surface area contributed by atoms with E-state index in [2.05, 4.69) is 4.98 Å². The number of hydrogen-bond acceptors (Lipinski definition) is 4. The molecule has 2 aromatic heterocycles. The lowest BCUT2D eigenvalue weighted by Crippen LogP contribution is -2.47. The number of amides is 2. The van der Waals surface area contributed by atoms with Crippen LogP contribution in [-0.2, 0) is 0 Å². The lowest BCUT2D eigenvalue weighted by molar-refractivity contribution is 0.0574. The minimum Gasteiger partial charge on any atom is -0.335 e. The number of thiophene rings is 1. The Kier molecular flexibility index (Phi) is 4.06. The Labute approximate surface area is 144 Å². The summed E-state index contributed by atoms with van der Waals surface area (Å²) in [5.41, 5.74) is 1.24. The lowest BCUT2D eigenvalue weighted by atomic mass is 9.94. The van der Waals surface area contributed by atoms with Gasteiger partial charge in [-0.25, -0.2) is 0 Å². The van der Waals surface area contributed by atoms with E-state index < -0.39 is 0 Å². The Morgan fingerprint density at radius 3 is 2.75 bits per heavy atom. The van der Waals surface area contributed by atoms with Gasteiger partial charge in [0.1, 0.15) is 5.69 Å². The van der Waals surface area contributed by atoms with Crippen LogP contribution in [0.15, 0.2) is 41.2 Å². The summed E-state index contributed by atoms with van der Waals surface area (Å²) in [6.07, 6.45) is 3.68. The van der Waals surface area contributed by atoms with E-state index in [0.717, 1.165) is 24.9 Å². The minimum atomic E-state index is -0.0302. The number of carbonyl (C=O) groups is 2. The van der Waals surface area contributed by atoms with Crippen LogP contribution >= 0.6 is 11.3 Å². The molecular weight excluding hydrogens is 322 g/mol. The van der Waals surface area contributed by atoms with E-state index in [-0.39, 0.29) is 17.9 Å². The molecule has 0 unspecified atom stereocenters. The quantitative estimate of drug-likeness (QED) is 0.843. The van der Waals surface area contributed by atoms with Crippen molar-refractivity contribution in [1.29, 1.82) is 0 Å². The Morgan fingerprint density at radius 2 is 2.00 bits per heavy atom. The maximum atomic E-state index is 12.8. The summed E-state index contributed by atoms with van der Waals surface area (Å²) >= 11 is 1.54. The van der Waals surface area contributed by atoms with E-state index in [1.54, 1.807) is 12.3 Å². The third kappa shape index (κ3) is 2.82. The first-order valence-electron chi connectivity index (χ1n) is 8.26. The van der Waals surface area contributed by atoms with Crippen molar-refractivity contribution in [2.75, 3.05) is 19.6 Å². The summed E-state index contributed by atoms with van der Waals surface area (Å²) in [4.78, 5) is 33.5. The van der Waals surface area contributed by atoms with E-state index in [0.29, 0.717) is 24.7 Å². The summed E-state index contributed by atoms with van der Waals surface area (Å²) in [6, 6.07) is 7.37. The molecule has 0 N–H and O–H groups in total. The molecule has 0 aromatic carbocycles. The normalized spacial score (nSPS) is 23.2. The predicted molar refractivity (Wildman–Crippen MR) is 92.0 cm³/mol. The molecule has 3 fully saturated rings. The van der Waals surface area contributed by atoms with Gasteiger partial charge in [0, 0.05) is 37.3 Å². The van der Waals surface area contributed by atoms with Crippen molar-refractivity contribution < 1.29 is 9.59 Å². The number of nitrogens with zero attached hydrogens (tertiary/aromatic N) is 3. The molecule has 2 bridgehead atoms. The van der Waals surface area contributed by atoms with Crippen LogP contribution < -0.4 is 0 Å². The second-order valence-electron chi connectivity index (χ2n) is 6.49. The molecule has 5 rings (SSSR count). The highest BCUT2D eigenvalue weighted by Crippen LogP contribution is 2.30. The van der Waals surface area contributed by atoms with Crippen LogP contribution in [-0.4, -0.2) is 52.3 Å². The summed E-state index contributed by atoms with van der Waals surface area (Å²) in [7, 11) is 0. The Bertz CT molecular complexity index is 732. The highest BCUT2D eigenvalue weighted by molar-refractivity contribution is 7.08. The zero-order valence-corrected chi connectivity index (χ0v) is 14.1. The maximum Gasteiger partial charge on any atom is 0.272 e. The number of hydrogen-bond donors (Lipinski definition) is 0. The van der Waals surface area contributed by atoms with Gasteiger partial charge in [0.05, 0.1) is 5.56 Å².